The zero-order chi connectivity index (χ0) is 108. The molecule has 6 aliphatic carbocycles. The van der Waals surface area contributed by atoms with E-state index in [0.717, 1.165) is 181 Å². The number of hydrogen-bond donors (Lipinski definition) is 26. The molecule has 0 aromatic carbocycles. The third-order valence-electron chi connectivity index (χ3n) is 24.4. The van der Waals surface area contributed by atoms with Crippen LogP contribution < -0.4 is 26.6 Å². The van der Waals surface area contributed by atoms with E-state index in [-0.39, 0.29) is 4.75 Å². The first kappa shape index (κ1) is 161. The second-order valence-corrected chi connectivity index (χ2v) is 57.9. The van der Waals surface area contributed by atoms with Gasteiger partial charge in [-0.3, -0.25) is 0 Å². The summed E-state index contributed by atoms with van der Waals surface area (Å²) in [6.07, 6.45) is 44.1. The summed E-state index contributed by atoms with van der Waals surface area (Å²) in [5, 5.41) is 21.1. The average Bonchev–Trinajstić information content (AvgIpc) is 1.70. The lowest BCUT2D eigenvalue weighted by molar-refractivity contribution is 0.241. The van der Waals surface area contributed by atoms with E-state index in [1.165, 1.54) is 264 Å². The highest BCUT2D eigenvalue weighted by molar-refractivity contribution is 7.84. The van der Waals surface area contributed by atoms with Crippen molar-refractivity contribution in [3.63, 3.8) is 0 Å². The minimum atomic E-state index is 0.236. The van der Waals surface area contributed by atoms with E-state index in [9.17, 15) is 0 Å². The molecular weight excluding hydrogens is 2110 g/mol. The van der Waals surface area contributed by atoms with Crippen molar-refractivity contribution < 1.29 is 0 Å². The number of nitrogens with one attached hydrogen (secondary N) is 5. The standard InChI is InChI=1S/C7H14S.2C6H13NS.C6H15NS.C6H13N.C6H12S.2C5H11NS.4C5H10S.2C5H12S.2C4H9NS.C4H11NS.4C4H10S.C3H7NS/c1-7(8)5-3-2-4-6-7;1-7-4-2-6(8)3-5-7;8-6-5-7-3-1-2-4-7;1-3-7(4-2)5-6-8;1-2-6-4-3-5-7-6;7-6-4-2-1-3-5-6;7-5-1-3-6-4-2-5;7-4-5-2-1-3-6-5;2*1-4-2-5(6)3-4;1-5(4-6)2-3-5;1-2-5(6)3-4-5;1-5(2,3)4-6;1-4-5(2,3)6;1-5-2-4(6)3-5;1-4(6)2-5-3-4;1-5(2)3-4-6;3*1-4(2)3-5;1-2-3-4-5;5-3-1-4-2-3/h8H,2-6H2,1H3;6,8H,2-5H2,1H3;8H,1-6H2;8H,3-6H2,1-2H3;6-7H,2-5H2,1H3;6-7H,1-5H2;2*5-7H,1-4H2;2*4-6H,2-3H2,1H3;2*6H,2-4H2,1H3;2*6H,4H2,1-3H3;4,6H,2-3H2,1H3;5-6H,2-3H2,1H3;6H,3-4H2,1-2H3;3*4-5H,3H2,1-2H3;5H,2-4H2,1H3;3-5H,1-2H2/t;;;;6-;;;5-;;;;;;;;;;;;;;/m....1..1............../s1. The first-order valence-corrected chi connectivity index (χ1v) is 66.6. The zero-order valence-electron chi connectivity index (χ0n) is 95.1. The fraction of sp³-hybridized carbons (Fsp3) is 1.00. The minimum absolute atomic E-state index is 0.236. The summed E-state index contributed by atoms with van der Waals surface area (Å²) < 4.78 is 1.40. The smallest absolute Gasteiger partial charge is 0.0350 e. The van der Waals surface area contributed by atoms with Crippen molar-refractivity contribution in [3.8, 4) is 0 Å². The van der Waals surface area contributed by atoms with Gasteiger partial charge in [-0.1, -0.05) is 190 Å². The molecule has 8 aliphatic heterocycles. The Kier molecular flexibility index (Phi) is 125. The molecule has 31 heteroatoms. The Morgan fingerprint density at radius 1 is 0.424 bits per heavy atom. The summed E-state index contributed by atoms with van der Waals surface area (Å²) in [6, 6.07) is 1.56. The van der Waals surface area contributed by atoms with E-state index >= 15 is 0 Å². The molecule has 139 heavy (non-hydrogen) atoms. The van der Waals surface area contributed by atoms with Crippen molar-refractivity contribution in [3.05, 3.63) is 0 Å². The molecule has 5 N–H and O–H groups in total. The first-order valence-electron chi connectivity index (χ1n) is 54.8. The molecule has 0 aromatic heterocycles. The second kappa shape index (κ2) is 108. The lowest BCUT2D eigenvalue weighted by Crippen LogP contribution is -2.53. The number of nitrogens with zero attached hydrogens (tertiary/aromatic N) is 5. The van der Waals surface area contributed by atoms with Gasteiger partial charge in [0.1, 0.15) is 0 Å². The summed E-state index contributed by atoms with van der Waals surface area (Å²) in [6.45, 7) is 70.1. The quantitative estimate of drug-likeness (QED) is 0.0611. The molecule has 0 spiro atoms. The summed E-state index contributed by atoms with van der Waals surface area (Å²) in [7, 11) is 8.35. The Morgan fingerprint density at radius 2 is 0.813 bits per heavy atom. The molecule has 0 radical (unpaired) electrons. The van der Waals surface area contributed by atoms with Crippen molar-refractivity contribution in [1.29, 1.82) is 0 Å². The molecule has 8 heterocycles. The normalized spacial score (nSPS) is 23.1. The second-order valence-electron chi connectivity index (χ2n) is 44.6. The summed E-state index contributed by atoms with van der Waals surface area (Å²) in [4.78, 5) is 11.5. The predicted molar refractivity (Wildman–Crippen MR) is 723 cm³/mol. The first-order chi connectivity index (χ1) is 65.0. The van der Waals surface area contributed by atoms with Crippen LogP contribution in [0, 0.1) is 40.4 Å². The molecule has 6 saturated carbocycles. The maximum absolute atomic E-state index is 4.52. The Bertz CT molecular complexity index is 2160. The fourth-order valence-corrected chi connectivity index (χ4v) is 18.1. The van der Waals surface area contributed by atoms with Crippen molar-refractivity contribution >= 4 is 265 Å². The van der Waals surface area contributed by atoms with Gasteiger partial charge in [0, 0.05) is 150 Å². The Hall–Kier alpha value is 6.95. The molecule has 14 aliphatic rings. The van der Waals surface area contributed by atoms with Gasteiger partial charge in [-0.2, -0.15) is 265 Å². The molecule has 14 rings (SSSR count). The van der Waals surface area contributed by atoms with Crippen LogP contribution in [0.2, 0.25) is 0 Å². The Balaban J connectivity index is -0.000000216. The molecule has 0 amide bonds. The number of hydrogen-bond acceptors (Lipinski definition) is 31. The van der Waals surface area contributed by atoms with Crippen LogP contribution in [0.3, 0.4) is 0 Å². The lowest BCUT2D eigenvalue weighted by atomic mass is 9.87. The van der Waals surface area contributed by atoms with Gasteiger partial charge in [0.2, 0.25) is 0 Å². The van der Waals surface area contributed by atoms with Crippen LogP contribution in [0.1, 0.15) is 364 Å². The highest BCUT2D eigenvalue weighted by Crippen LogP contribution is 2.46. The number of likely N-dealkylation sites (tertiary alicyclic amines) is 3. The molecule has 850 valence electrons. The van der Waals surface area contributed by atoms with Gasteiger partial charge < -0.3 is 51.1 Å². The average molecular weight is 2350 g/mol. The molecule has 10 nitrogen and oxygen atoms in total. The van der Waals surface area contributed by atoms with E-state index in [1.54, 1.807) is 0 Å². The summed E-state index contributed by atoms with van der Waals surface area (Å²) >= 11 is 88.1. The molecule has 0 bridgehead atoms. The fourth-order valence-electron chi connectivity index (χ4n) is 12.4. The van der Waals surface area contributed by atoms with Gasteiger partial charge >= 0.3 is 0 Å². The van der Waals surface area contributed by atoms with Crippen LogP contribution >= 0.6 is 265 Å². The van der Waals surface area contributed by atoms with Gasteiger partial charge in [0.15, 0.2) is 0 Å². The van der Waals surface area contributed by atoms with E-state index in [0.29, 0.717) is 52.1 Å². The highest BCUT2D eigenvalue weighted by atomic mass is 32.1. The van der Waals surface area contributed by atoms with E-state index in [2.05, 4.69) is 483 Å². The number of thiol groups is 21. The maximum atomic E-state index is 4.52. The van der Waals surface area contributed by atoms with Crippen LogP contribution in [0.15, 0.2) is 0 Å². The van der Waals surface area contributed by atoms with Crippen LogP contribution in [-0.2, 0) is 0 Å². The SMILES string of the molecule is CC(C)(C)CS.CC(C)CS.CC(C)CS.CC(C)CS.CC1(CS)CC1.CC1(S)CCCCC1.CC1(S)CNC1.CC1CC(S)C1.CC1CC(S)C1.CCC(C)(C)S.CCC1(S)CC1.CCCCS.CCN(CC)CCS.CC[C@@H]1CCCN1.CN(C)CCS.CN1CC(S)C1.CN1CCC(S)CC1.SC1CCCCC1.SC1CCNCC1.SC1CNC1.SCCN1CCCC1.SC[C@H]1CCCN1. The van der Waals surface area contributed by atoms with E-state index in [4.69, 9.17) is 0 Å². The van der Waals surface area contributed by atoms with Gasteiger partial charge in [-0.15, -0.1) is 0 Å². The largest absolute Gasteiger partial charge is 0.317 e. The molecule has 14 fully saturated rings. The maximum Gasteiger partial charge on any atom is 0.0350 e. The van der Waals surface area contributed by atoms with Crippen LogP contribution in [-0.4, -0.2) is 302 Å². The third-order valence-corrected chi connectivity index (χ3v) is 34.6. The van der Waals surface area contributed by atoms with E-state index in [1.807, 2.05) is 14.1 Å². The minimum Gasteiger partial charge on any atom is -0.317 e. The zero-order valence-corrected chi connectivity index (χ0v) is 114. The van der Waals surface area contributed by atoms with Crippen LogP contribution in [0.5, 0.6) is 0 Å². The lowest BCUT2D eigenvalue weighted by Gasteiger charge is -2.33. The van der Waals surface area contributed by atoms with Crippen molar-refractivity contribution in [1.82, 2.24) is 51.1 Å². The van der Waals surface area contributed by atoms with Crippen LogP contribution in [0.4, 0.5) is 0 Å². The summed E-state index contributed by atoms with van der Waals surface area (Å²) in [5.74, 6) is 14.2. The Labute approximate surface area is 988 Å². The Morgan fingerprint density at radius 3 is 0.935 bits per heavy atom. The molecule has 0 unspecified atom stereocenters. The predicted octanol–water partition coefficient (Wildman–Crippen LogP) is 29.0. The van der Waals surface area contributed by atoms with E-state index < -0.39 is 0 Å². The number of piperidine rings is 2. The number of unbranched alkanes of at least 4 members (excludes halogenated alkanes) is 1. The van der Waals surface area contributed by atoms with Crippen molar-refractivity contribution in [2.24, 2.45) is 40.4 Å². The molecule has 2 atom stereocenters. The molecule has 8 saturated heterocycles. The van der Waals surface area contributed by atoms with Gasteiger partial charge in [-0.05, 0) is 342 Å². The van der Waals surface area contributed by atoms with Gasteiger partial charge in [-0.25, -0.2) is 0 Å². The molecular formula is C108H242N10S21. The molecule has 0 aromatic rings. The number of rotatable bonds is 18. The highest BCUT2D eigenvalue weighted by Gasteiger charge is 2.36. The van der Waals surface area contributed by atoms with Crippen molar-refractivity contribution in [2.75, 3.05) is 210 Å². The summed E-state index contributed by atoms with van der Waals surface area (Å²) in [5.41, 5.74) is 1.06. The van der Waals surface area contributed by atoms with Crippen molar-refractivity contribution in [2.45, 2.75) is 432 Å². The monoisotopic (exact) mass is 2350 g/mol. The van der Waals surface area contributed by atoms with Gasteiger partial charge in [0.05, 0.1) is 0 Å². The topological polar surface area (TPSA) is 76.4 Å². The van der Waals surface area contributed by atoms with Crippen LogP contribution in [0.25, 0.3) is 0 Å². The third kappa shape index (κ3) is 134. The van der Waals surface area contributed by atoms with Gasteiger partial charge in [0.25, 0.3) is 0 Å².